The molecule has 2 fully saturated rings. The zero-order chi connectivity index (χ0) is 17.5. The summed E-state index contributed by atoms with van der Waals surface area (Å²) < 4.78 is 5.49. The Bertz CT molecular complexity index is 351. The van der Waals surface area contributed by atoms with E-state index in [0.717, 1.165) is 37.6 Å². The Morgan fingerprint density at radius 1 is 1.13 bits per heavy atom. The highest BCUT2D eigenvalue weighted by atomic mass is 32.1. The third kappa shape index (κ3) is 5.88. The number of thiol groups is 1. The lowest BCUT2D eigenvalue weighted by Crippen LogP contribution is -2.48. The van der Waals surface area contributed by atoms with Crippen molar-refractivity contribution in [3.63, 3.8) is 0 Å². The average molecular weight is 344 g/mol. The van der Waals surface area contributed by atoms with Gasteiger partial charge in [0.15, 0.2) is 0 Å². The molecule has 0 atom stereocenters. The zero-order valence-corrected chi connectivity index (χ0v) is 16.8. The van der Waals surface area contributed by atoms with Crippen LogP contribution in [0.1, 0.15) is 79.6 Å². The van der Waals surface area contributed by atoms with Crippen LogP contribution in [-0.2, 0) is 4.74 Å². The van der Waals surface area contributed by atoms with Gasteiger partial charge in [0, 0.05) is 13.1 Å². The second kappa shape index (κ2) is 9.19. The molecule has 0 N–H and O–H groups in total. The molecular formula is C19H37NO2S. The zero-order valence-electron chi connectivity index (χ0n) is 15.9. The van der Waals surface area contributed by atoms with E-state index >= 15 is 0 Å². The molecule has 2 aliphatic rings. The van der Waals surface area contributed by atoms with Crippen molar-refractivity contribution in [2.24, 2.45) is 11.3 Å². The molecule has 1 heterocycles. The summed E-state index contributed by atoms with van der Waals surface area (Å²) in [6.07, 6.45) is 8.86. The first-order chi connectivity index (χ1) is 10.9. The van der Waals surface area contributed by atoms with Crippen molar-refractivity contribution >= 4 is 18.7 Å². The number of ether oxygens (including phenoxy) is 1. The second-order valence-electron chi connectivity index (χ2n) is 7.82. The van der Waals surface area contributed by atoms with Gasteiger partial charge in [-0.05, 0) is 63.5 Å². The van der Waals surface area contributed by atoms with Gasteiger partial charge in [-0.25, -0.2) is 4.79 Å². The SMILES string of the molecule is CC.CC(C)(C)OC(=O)N1CCC(CS)(C2CCCCC2)CC1. The minimum Gasteiger partial charge on any atom is -0.444 e. The lowest BCUT2D eigenvalue weighted by molar-refractivity contribution is 0.000792. The highest BCUT2D eigenvalue weighted by molar-refractivity contribution is 7.80. The van der Waals surface area contributed by atoms with Crippen LogP contribution in [0.5, 0.6) is 0 Å². The summed E-state index contributed by atoms with van der Waals surface area (Å²) >= 11 is 4.67. The van der Waals surface area contributed by atoms with E-state index in [4.69, 9.17) is 4.74 Å². The Morgan fingerprint density at radius 3 is 2.09 bits per heavy atom. The molecule has 0 unspecified atom stereocenters. The lowest BCUT2D eigenvalue weighted by atomic mass is 9.65. The molecule has 4 heteroatoms. The molecule has 0 aromatic rings. The van der Waals surface area contributed by atoms with E-state index < -0.39 is 5.60 Å². The fourth-order valence-corrected chi connectivity index (χ4v) is 4.45. The highest BCUT2D eigenvalue weighted by Crippen LogP contribution is 2.46. The maximum Gasteiger partial charge on any atom is 0.410 e. The summed E-state index contributed by atoms with van der Waals surface area (Å²) in [5.74, 6) is 1.77. The summed E-state index contributed by atoms with van der Waals surface area (Å²) in [7, 11) is 0. The minimum absolute atomic E-state index is 0.154. The van der Waals surface area contributed by atoms with Gasteiger partial charge in [0.1, 0.15) is 5.60 Å². The van der Waals surface area contributed by atoms with E-state index in [2.05, 4.69) is 12.6 Å². The van der Waals surface area contributed by atoms with E-state index in [1.807, 2.05) is 39.5 Å². The fraction of sp³-hybridized carbons (Fsp3) is 0.947. The normalized spacial score (nSPS) is 22.1. The molecule has 2 rings (SSSR count). The summed E-state index contributed by atoms with van der Waals surface area (Å²) in [6.45, 7) is 11.4. The van der Waals surface area contributed by atoms with Gasteiger partial charge in [0.05, 0.1) is 0 Å². The van der Waals surface area contributed by atoms with E-state index in [9.17, 15) is 4.79 Å². The number of carbonyl (C=O) groups is 1. The molecule has 0 radical (unpaired) electrons. The van der Waals surface area contributed by atoms with Gasteiger partial charge < -0.3 is 9.64 Å². The number of likely N-dealkylation sites (tertiary alicyclic amines) is 1. The molecule has 0 bridgehead atoms. The molecule has 136 valence electrons. The quantitative estimate of drug-likeness (QED) is 0.667. The van der Waals surface area contributed by atoms with Crippen molar-refractivity contribution in [1.29, 1.82) is 0 Å². The van der Waals surface area contributed by atoms with Crippen LogP contribution in [0.2, 0.25) is 0 Å². The Kier molecular flexibility index (Phi) is 8.26. The van der Waals surface area contributed by atoms with Crippen LogP contribution in [0.4, 0.5) is 4.79 Å². The number of nitrogens with zero attached hydrogens (tertiary/aromatic N) is 1. The average Bonchev–Trinajstić information content (AvgIpc) is 2.56. The number of hydrogen-bond donors (Lipinski definition) is 1. The second-order valence-corrected chi connectivity index (χ2v) is 8.14. The smallest absolute Gasteiger partial charge is 0.410 e. The lowest BCUT2D eigenvalue weighted by Gasteiger charge is -2.47. The van der Waals surface area contributed by atoms with Gasteiger partial charge in [-0.2, -0.15) is 12.6 Å². The molecular weight excluding hydrogens is 306 g/mol. The number of carbonyl (C=O) groups excluding carboxylic acids is 1. The molecule has 23 heavy (non-hydrogen) atoms. The number of hydrogen-bond acceptors (Lipinski definition) is 3. The summed E-state index contributed by atoms with van der Waals surface area (Å²) in [5, 5.41) is 0. The van der Waals surface area contributed by atoms with Crippen LogP contribution in [-0.4, -0.2) is 35.4 Å². The van der Waals surface area contributed by atoms with Crippen LogP contribution in [0.25, 0.3) is 0 Å². The largest absolute Gasteiger partial charge is 0.444 e. The van der Waals surface area contributed by atoms with E-state index in [1.54, 1.807) is 0 Å². The van der Waals surface area contributed by atoms with Gasteiger partial charge in [0.25, 0.3) is 0 Å². The van der Waals surface area contributed by atoms with Crippen LogP contribution < -0.4 is 0 Å². The Hall–Kier alpha value is -0.380. The summed E-state index contributed by atoms with van der Waals surface area (Å²) in [5.41, 5.74) is -0.0550. The summed E-state index contributed by atoms with van der Waals surface area (Å²) in [6, 6.07) is 0. The van der Waals surface area contributed by atoms with E-state index in [-0.39, 0.29) is 6.09 Å². The number of rotatable bonds is 2. The van der Waals surface area contributed by atoms with E-state index in [0.29, 0.717) is 5.41 Å². The van der Waals surface area contributed by atoms with Crippen LogP contribution in [0, 0.1) is 11.3 Å². The Morgan fingerprint density at radius 2 is 1.65 bits per heavy atom. The highest BCUT2D eigenvalue weighted by Gasteiger charge is 2.42. The van der Waals surface area contributed by atoms with Crippen molar-refractivity contribution in [2.75, 3.05) is 18.8 Å². The first-order valence-electron chi connectivity index (χ1n) is 9.45. The Labute approximate surface area is 148 Å². The van der Waals surface area contributed by atoms with E-state index in [1.165, 1.54) is 32.1 Å². The maximum absolute atomic E-state index is 12.2. The van der Waals surface area contributed by atoms with Gasteiger partial charge >= 0.3 is 6.09 Å². The third-order valence-electron chi connectivity index (χ3n) is 5.20. The summed E-state index contributed by atoms with van der Waals surface area (Å²) in [4.78, 5) is 14.1. The topological polar surface area (TPSA) is 29.5 Å². The van der Waals surface area contributed by atoms with Crippen LogP contribution >= 0.6 is 12.6 Å². The molecule has 0 aromatic heterocycles. The minimum atomic E-state index is -0.404. The molecule has 1 saturated heterocycles. The van der Waals surface area contributed by atoms with Gasteiger partial charge in [-0.3, -0.25) is 0 Å². The van der Waals surface area contributed by atoms with Crippen LogP contribution in [0.3, 0.4) is 0 Å². The molecule has 1 aliphatic heterocycles. The standard InChI is InChI=1S/C17H31NO2S.C2H6/c1-16(2,3)20-15(19)18-11-9-17(13-21,10-12-18)14-7-5-4-6-8-14;1-2/h14,21H,4-13H2,1-3H3;1-2H3. The van der Waals surface area contributed by atoms with Crippen molar-refractivity contribution in [3.8, 4) is 0 Å². The number of amides is 1. The molecule has 0 aromatic carbocycles. The van der Waals surface area contributed by atoms with Crippen molar-refractivity contribution in [3.05, 3.63) is 0 Å². The van der Waals surface area contributed by atoms with Gasteiger partial charge in [-0.1, -0.05) is 33.1 Å². The first-order valence-corrected chi connectivity index (χ1v) is 10.1. The predicted molar refractivity (Wildman–Crippen MR) is 101 cm³/mol. The molecule has 1 amide bonds. The Balaban J connectivity index is 0.00000127. The molecule has 1 aliphatic carbocycles. The molecule has 0 spiro atoms. The molecule has 1 saturated carbocycles. The van der Waals surface area contributed by atoms with Crippen molar-refractivity contribution < 1.29 is 9.53 Å². The van der Waals surface area contributed by atoms with Crippen molar-refractivity contribution in [1.82, 2.24) is 4.90 Å². The third-order valence-corrected chi connectivity index (χ3v) is 5.83. The molecule has 3 nitrogen and oxygen atoms in total. The van der Waals surface area contributed by atoms with Crippen molar-refractivity contribution in [2.45, 2.75) is 85.2 Å². The predicted octanol–water partition coefficient (Wildman–Crippen LogP) is 5.54. The van der Waals surface area contributed by atoms with Gasteiger partial charge in [0.2, 0.25) is 0 Å². The number of piperidine rings is 1. The van der Waals surface area contributed by atoms with Gasteiger partial charge in [-0.15, -0.1) is 0 Å². The van der Waals surface area contributed by atoms with Crippen LogP contribution in [0.15, 0.2) is 0 Å². The maximum atomic E-state index is 12.2. The monoisotopic (exact) mass is 343 g/mol. The fourth-order valence-electron chi connectivity index (χ4n) is 3.87. The first kappa shape index (κ1) is 20.7.